The molecule has 3 atom stereocenters. The van der Waals surface area contributed by atoms with Gasteiger partial charge in [-0.25, -0.2) is 0 Å². The van der Waals surface area contributed by atoms with Crippen molar-refractivity contribution in [1.29, 1.82) is 0 Å². The third-order valence-corrected chi connectivity index (χ3v) is 3.21. The summed E-state index contributed by atoms with van der Waals surface area (Å²) in [6.45, 7) is 13.7. The lowest BCUT2D eigenvalue weighted by Gasteiger charge is -2.27. The molecule has 0 spiro atoms. The second-order valence-electron chi connectivity index (χ2n) is 4.35. The van der Waals surface area contributed by atoms with Crippen LogP contribution in [0.25, 0.3) is 0 Å². The van der Waals surface area contributed by atoms with Crippen LogP contribution in [0.15, 0.2) is 12.2 Å². The van der Waals surface area contributed by atoms with Crippen molar-refractivity contribution in [3.05, 3.63) is 12.2 Å². The largest absolute Gasteiger partial charge is 0.0914 e. The minimum atomic E-state index is 0.715. The Morgan fingerprint density at radius 1 is 0.833 bits per heavy atom. The summed E-state index contributed by atoms with van der Waals surface area (Å²) in [5.41, 5.74) is 0. The highest BCUT2D eigenvalue weighted by Gasteiger charge is 2.19. The molecule has 0 saturated carbocycles. The van der Waals surface area contributed by atoms with Crippen LogP contribution in [0.5, 0.6) is 0 Å². The molecule has 0 aromatic heterocycles. The zero-order chi connectivity index (χ0) is 9.72. The van der Waals surface area contributed by atoms with Gasteiger partial charge in [0.25, 0.3) is 0 Å². The fourth-order valence-corrected chi connectivity index (χ4v) is 1.56. The highest BCUT2D eigenvalue weighted by molar-refractivity contribution is 4.87. The first-order valence-electron chi connectivity index (χ1n) is 5.13. The van der Waals surface area contributed by atoms with Crippen LogP contribution >= 0.6 is 0 Å². The van der Waals surface area contributed by atoms with Crippen molar-refractivity contribution in [2.24, 2.45) is 23.7 Å². The van der Waals surface area contributed by atoms with E-state index >= 15 is 0 Å². The maximum absolute atomic E-state index is 2.36. The van der Waals surface area contributed by atoms with E-state index in [0.717, 1.165) is 17.8 Å². The molecule has 0 amide bonds. The maximum Gasteiger partial charge on any atom is -0.0234 e. The fraction of sp³-hybridized carbons (Fsp3) is 0.833. The Morgan fingerprint density at radius 2 is 1.33 bits per heavy atom. The van der Waals surface area contributed by atoms with Gasteiger partial charge >= 0.3 is 0 Å². The summed E-state index contributed by atoms with van der Waals surface area (Å²) in [5, 5.41) is 0. The van der Waals surface area contributed by atoms with E-state index in [1.54, 1.807) is 0 Å². The second-order valence-corrected chi connectivity index (χ2v) is 4.35. The van der Waals surface area contributed by atoms with E-state index in [0.29, 0.717) is 5.92 Å². The summed E-state index contributed by atoms with van der Waals surface area (Å²) in [4.78, 5) is 0. The Hall–Kier alpha value is -0.260. The first-order valence-corrected chi connectivity index (χ1v) is 5.13. The summed E-state index contributed by atoms with van der Waals surface area (Å²) in [7, 11) is 0. The van der Waals surface area contributed by atoms with Crippen molar-refractivity contribution in [3.63, 3.8) is 0 Å². The summed E-state index contributed by atoms with van der Waals surface area (Å²) in [6, 6.07) is 0. The molecule has 0 heteroatoms. The molecule has 0 aliphatic carbocycles. The van der Waals surface area contributed by atoms with Crippen LogP contribution in [0.4, 0.5) is 0 Å². The van der Waals surface area contributed by atoms with Crippen LogP contribution in [-0.4, -0.2) is 0 Å². The molecule has 0 aliphatic rings. The lowest BCUT2D eigenvalue weighted by Crippen LogP contribution is -2.19. The molecule has 0 nitrogen and oxygen atoms in total. The number of allylic oxidation sites excluding steroid dienone is 2. The van der Waals surface area contributed by atoms with Crippen molar-refractivity contribution in [2.45, 2.75) is 41.5 Å². The molecule has 0 bridgehead atoms. The van der Waals surface area contributed by atoms with E-state index in [-0.39, 0.29) is 0 Å². The molecular formula is C12H24. The molecule has 0 rings (SSSR count). The number of hydrogen-bond acceptors (Lipinski definition) is 0. The Labute approximate surface area is 78.1 Å². The van der Waals surface area contributed by atoms with Gasteiger partial charge in [0.05, 0.1) is 0 Å². The Kier molecular flexibility index (Phi) is 5.28. The summed E-state index contributed by atoms with van der Waals surface area (Å²) < 4.78 is 0. The van der Waals surface area contributed by atoms with E-state index in [1.165, 1.54) is 0 Å². The average molecular weight is 168 g/mol. The van der Waals surface area contributed by atoms with Gasteiger partial charge in [-0.2, -0.15) is 0 Å². The molecule has 0 aromatic carbocycles. The van der Waals surface area contributed by atoms with E-state index in [4.69, 9.17) is 0 Å². The first-order chi connectivity index (χ1) is 5.50. The van der Waals surface area contributed by atoms with Crippen molar-refractivity contribution < 1.29 is 0 Å². The maximum atomic E-state index is 2.36. The van der Waals surface area contributed by atoms with Crippen LogP contribution in [0.1, 0.15) is 41.5 Å². The van der Waals surface area contributed by atoms with E-state index in [1.807, 2.05) is 0 Å². The molecule has 0 radical (unpaired) electrons. The minimum Gasteiger partial charge on any atom is -0.0914 e. The van der Waals surface area contributed by atoms with Crippen LogP contribution in [0.2, 0.25) is 0 Å². The Morgan fingerprint density at radius 3 is 1.67 bits per heavy atom. The monoisotopic (exact) mass is 168 g/mol. The van der Waals surface area contributed by atoms with Crippen LogP contribution in [0, 0.1) is 23.7 Å². The lowest BCUT2D eigenvalue weighted by molar-refractivity contribution is 0.251. The highest BCUT2D eigenvalue weighted by Crippen LogP contribution is 2.27. The van der Waals surface area contributed by atoms with Gasteiger partial charge in [0.15, 0.2) is 0 Å². The predicted octanol–water partition coefficient (Wildman–Crippen LogP) is 4.13. The summed E-state index contributed by atoms with van der Waals surface area (Å²) in [6.07, 6.45) is 4.47. The smallest absolute Gasteiger partial charge is 0.0234 e. The van der Waals surface area contributed by atoms with Gasteiger partial charge in [-0.05, 0) is 30.6 Å². The van der Waals surface area contributed by atoms with Gasteiger partial charge < -0.3 is 0 Å². The van der Waals surface area contributed by atoms with Gasteiger partial charge in [-0.15, -0.1) is 0 Å². The highest BCUT2D eigenvalue weighted by atomic mass is 14.2. The Bertz CT molecular complexity index is 133. The molecule has 72 valence electrons. The van der Waals surface area contributed by atoms with Crippen LogP contribution in [-0.2, 0) is 0 Å². The number of hydrogen-bond donors (Lipinski definition) is 0. The van der Waals surface area contributed by atoms with Gasteiger partial charge in [-0.3, -0.25) is 0 Å². The van der Waals surface area contributed by atoms with E-state index < -0.39 is 0 Å². The molecule has 0 aliphatic heterocycles. The van der Waals surface area contributed by atoms with Crippen LogP contribution < -0.4 is 0 Å². The third kappa shape index (κ3) is 3.42. The minimum absolute atomic E-state index is 0.715. The van der Waals surface area contributed by atoms with Crippen molar-refractivity contribution >= 4 is 0 Å². The first kappa shape index (κ1) is 11.7. The standard InChI is InChI=1S/C12H24/c1-7-8-10(4)12(6)11(5)9(2)3/h7-12H,1-6H3. The Balaban J connectivity index is 4.08. The molecular weight excluding hydrogens is 144 g/mol. The van der Waals surface area contributed by atoms with E-state index in [2.05, 4.69) is 53.7 Å². The van der Waals surface area contributed by atoms with Gasteiger partial charge in [0.1, 0.15) is 0 Å². The zero-order valence-corrected chi connectivity index (χ0v) is 9.46. The average Bonchev–Trinajstić information content (AvgIpc) is 2.02. The molecule has 0 fully saturated rings. The molecule has 0 aromatic rings. The van der Waals surface area contributed by atoms with Crippen molar-refractivity contribution in [1.82, 2.24) is 0 Å². The van der Waals surface area contributed by atoms with Gasteiger partial charge in [0, 0.05) is 0 Å². The zero-order valence-electron chi connectivity index (χ0n) is 9.46. The SMILES string of the molecule is CC=CC(C)C(C)C(C)C(C)C. The molecule has 3 unspecified atom stereocenters. The van der Waals surface area contributed by atoms with Crippen molar-refractivity contribution in [3.8, 4) is 0 Å². The quantitative estimate of drug-likeness (QED) is 0.554. The fourth-order valence-electron chi connectivity index (χ4n) is 1.56. The number of rotatable bonds is 4. The summed E-state index contributed by atoms with van der Waals surface area (Å²) >= 11 is 0. The van der Waals surface area contributed by atoms with E-state index in [9.17, 15) is 0 Å². The van der Waals surface area contributed by atoms with Gasteiger partial charge in [-0.1, -0.05) is 46.8 Å². The van der Waals surface area contributed by atoms with Crippen molar-refractivity contribution in [2.75, 3.05) is 0 Å². The normalized spacial score (nSPS) is 19.9. The second kappa shape index (κ2) is 5.40. The third-order valence-electron chi connectivity index (χ3n) is 3.21. The molecule has 0 N–H and O–H groups in total. The molecule has 0 saturated heterocycles. The molecule has 0 heterocycles. The topological polar surface area (TPSA) is 0 Å². The van der Waals surface area contributed by atoms with Crippen LogP contribution in [0.3, 0.4) is 0 Å². The predicted molar refractivity (Wildman–Crippen MR) is 57.1 cm³/mol. The van der Waals surface area contributed by atoms with Gasteiger partial charge in [0.2, 0.25) is 0 Å². The summed E-state index contributed by atoms with van der Waals surface area (Å²) in [5.74, 6) is 3.12. The lowest BCUT2D eigenvalue weighted by atomic mass is 9.79. The molecule has 12 heavy (non-hydrogen) atoms.